The number of carbonyl (C=O) groups excluding carboxylic acids is 1. The van der Waals surface area contributed by atoms with E-state index in [1.807, 2.05) is 0 Å². The summed E-state index contributed by atoms with van der Waals surface area (Å²) in [7, 11) is 2.93. The molecule has 1 aromatic carbocycles. The standard InChI is InChI=1S/C16H18F2N2O4S/c1-22-7-3-6-20-14(21)11(19-16(20)25)8-10-4-5-12(24-15(17)18)13(9-10)23-2/h4-5,8-9,15H,3,6-7H2,1-2H3,(H,19,25)/b11-8+. The molecule has 1 N–H and O–H groups in total. The maximum absolute atomic E-state index is 12.4. The molecule has 0 saturated carbocycles. The van der Waals surface area contributed by atoms with Crippen LogP contribution in [0.3, 0.4) is 0 Å². The van der Waals surface area contributed by atoms with Crippen LogP contribution in [0.1, 0.15) is 12.0 Å². The number of hydrogen-bond acceptors (Lipinski definition) is 5. The summed E-state index contributed by atoms with van der Waals surface area (Å²) in [5.41, 5.74) is 0.878. The Balaban J connectivity index is 2.17. The monoisotopic (exact) mass is 372 g/mol. The predicted molar refractivity (Wildman–Crippen MR) is 91.5 cm³/mol. The lowest BCUT2D eigenvalue weighted by Crippen LogP contribution is -2.32. The summed E-state index contributed by atoms with van der Waals surface area (Å²) >= 11 is 5.16. The van der Waals surface area contributed by atoms with E-state index in [0.717, 1.165) is 0 Å². The smallest absolute Gasteiger partial charge is 0.387 e. The van der Waals surface area contributed by atoms with Crippen molar-refractivity contribution in [1.29, 1.82) is 0 Å². The summed E-state index contributed by atoms with van der Waals surface area (Å²) in [6, 6.07) is 4.39. The van der Waals surface area contributed by atoms with Crippen LogP contribution in [0.25, 0.3) is 6.08 Å². The maximum Gasteiger partial charge on any atom is 0.387 e. The number of hydrogen-bond donors (Lipinski definition) is 1. The van der Waals surface area contributed by atoms with Crippen LogP contribution < -0.4 is 14.8 Å². The minimum Gasteiger partial charge on any atom is -0.493 e. The van der Waals surface area contributed by atoms with Gasteiger partial charge in [0.2, 0.25) is 0 Å². The molecule has 9 heteroatoms. The minimum atomic E-state index is -2.95. The van der Waals surface area contributed by atoms with Gasteiger partial charge in [-0.1, -0.05) is 6.07 Å². The molecule has 1 heterocycles. The number of nitrogens with one attached hydrogen (secondary N) is 1. The maximum atomic E-state index is 12.4. The van der Waals surface area contributed by atoms with Crippen molar-refractivity contribution in [3.8, 4) is 11.5 Å². The van der Waals surface area contributed by atoms with E-state index in [-0.39, 0.29) is 17.4 Å². The van der Waals surface area contributed by atoms with Crippen LogP contribution >= 0.6 is 12.2 Å². The fourth-order valence-corrected chi connectivity index (χ4v) is 2.56. The second-order valence-electron chi connectivity index (χ2n) is 5.08. The van der Waals surface area contributed by atoms with Gasteiger partial charge in [-0.15, -0.1) is 0 Å². The Morgan fingerprint density at radius 2 is 2.08 bits per heavy atom. The van der Waals surface area contributed by atoms with Crippen molar-refractivity contribution in [3.63, 3.8) is 0 Å². The van der Waals surface area contributed by atoms with Gasteiger partial charge in [-0.2, -0.15) is 8.78 Å². The van der Waals surface area contributed by atoms with E-state index in [1.165, 1.54) is 24.1 Å². The zero-order valence-electron chi connectivity index (χ0n) is 13.8. The molecule has 1 saturated heterocycles. The lowest BCUT2D eigenvalue weighted by molar-refractivity contribution is -0.122. The van der Waals surface area contributed by atoms with Gasteiger partial charge in [0.25, 0.3) is 5.91 Å². The molecule has 0 unspecified atom stereocenters. The van der Waals surface area contributed by atoms with Crippen LogP contribution in [0.15, 0.2) is 23.9 Å². The van der Waals surface area contributed by atoms with Crippen molar-refractivity contribution in [2.24, 2.45) is 0 Å². The Kier molecular flexibility index (Phi) is 6.65. The highest BCUT2D eigenvalue weighted by atomic mass is 32.1. The van der Waals surface area contributed by atoms with Gasteiger partial charge in [-0.3, -0.25) is 9.69 Å². The minimum absolute atomic E-state index is 0.0814. The number of ether oxygens (including phenoxy) is 3. The first-order chi connectivity index (χ1) is 12.0. The van der Waals surface area contributed by atoms with Gasteiger partial charge in [-0.05, 0) is 42.4 Å². The highest BCUT2D eigenvalue weighted by molar-refractivity contribution is 7.80. The number of nitrogens with zero attached hydrogens (tertiary/aromatic N) is 1. The molecule has 0 bridgehead atoms. The molecule has 2 rings (SSSR count). The van der Waals surface area contributed by atoms with Gasteiger partial charge < -0.3 is 19.5 Å². The topological polar surface area (TPSA) is 60.0 Å². The van der Waals surface area contributed by atoms with Crippen LogP contribution in [0.5, 0.6) is 11.5 Å². The van der Waals surface area contributed by atoms with E-state index >= 15 is 0 Å². The van der Waals surface area contributed by atoms with Crippen molar-refractivity contribution in [3.05, 3.63) is 29.5 Å². The van der Waals surface area contributed by atoms with E-state index in [1.54, 1.807) is 19.3 Å². The van der Waals surface area contributed by atoms with Gasteiger partial charge in [0.05, 0.1) is 7.11 Å². The Bertz CT molecular complexity index is 682. The molecule has 1 aromatic rings. The Hall–Kier alpha value is -2.26. The van der Waals surface area contributed by atoms with Gasteiger partial charge in [0.15, 0.2) is 16.6 Å². The second-order valence-corrected chi connectivity index (χ2v) is 5.47. The van der Waals surface area contributed by atoms with Crippen LogP contribution in [-0.4, -0.2) is 49.9 Å². The van der Waals surface area contributed by atoms with Crippen molar-refractivity contribution in [2.75, 3.05) is 27.4 Å². The summed E-state index contributed by atoms with van der Waals surface area (Å²) in [5, 5.41) is 3.17. The Morgan fingerprint density at radius 3 is 2.72 bits per heavy atom. The molecule has 1 fully saturated rings. The predicted octanol–water partition coefficient (Wildman–Crippen LogP) is 2.39. The average Bonchev–Trinajstić information content (AvgIpc) is 2.83. The molecule has 1 aliphatic rings. The third-order valence-electron chi connectivity index (χ3n) is 3.41. The van der Waals surface area contributed by atoms with Crippen molar-refractivity contribution >= 4 is 29.3 Å². The van der Waals surface area contributed by atoms with Crippen molar-refractivity contribution in [2.45, 2.75) is 13.0 Å². The van der Waals surface area contributed by atoms with E-state index < -0.39 is 6.61 Å². The number of rotatable bonds is 8. The van der Waals surface area contributed by atoms with E-state index in [4.69, 9.17) is 21.7 Å². The quantitative estimate of drug-likeness (QED) is 0.430. The molecule has 1 amide bonds. The highest BCUT2D eigenvalue weighted by Gasteiger charge is 2.30. The number of halogens is 2. The number of amides is 1. The van der Waals surface area contributed by atoms with Crippen LogP contribution in [-0.2, 0) is 9.53 Å². The zero-order valence-corrected chi connectivity index (χ0v) is 14.6. The fourth-order valence-electron chi connectivity index (χ4n) is 2.28. The average molecular weight is 372 g/mol. The zero-order chi connectivity index (χ0) is 18.4. The number of carbonyl (C=O) groups is 1. The third kappa shape index (κ3) is 4.86. The summed E-state index contributed by atoms with van der Waals surface area (Å²) < 4.78 is 39.1. The number of methoxy groups -OCH3 is 2. The molecular weight excluding hydrogens is 354 g/mol. The fraction of sp³-hybridized carbons (Fsp3) is 0.375. The van der Waals surface area contributed by atoms with Crippen LogP contribution in [0.4, 0.5) is 8.78 Å². The molecule has 0 aromatic heterocycles. The molecule has 0 spiro atoms. The first kappa shape index (κ1) is 19.1. The van der Waals surface area contributed by atoms with E-state index in [9.17, 15) is 13.6 Å². The summed E-state index contributed by atoms with van der Waals surface area (Å²) in [6.45, 7) is -1.98. The van der Waals surface area contributed by atoms with Gasteiger partial charge >= 0.3 is 6.61 Å². The largest absolute Gasteiger partial charge is 0.493 e. The van der Waals surface area contributed by atoms with Crippen LogP contribution in [0.2, 0.25) is 0 Å². The second kappa shape index (κ2) is 8.72. The summed E-state index contributed by atoms with van der Waals surface area (Å²) in [6.07, 6.45) is 2.23. The number of alkyl halides is 2. The number of benzene rings is 1. The Morgan fingerprint density at radius 1 is 1.32 bits per heavy atom. The third-order valence-corrected chi connectivity index (χ3v) is 3.73. The molecule has 1 aliphatic heterocycles. The molecule has 0 atom stereocenters. The first-order valence-electron chi connectivity index (χ1n) is 7.42. The normalized spacial score (nSPS) is 15.9. The lowest BCUT2D eigenvalue weighted by atomic mass is 10.1. The SMILES string of the molecule is COCCCN1C(=O)/C(=C\c2ccc(OC(F)F)c(OC)c2)NC1=S. The Labute approximate surface area is 149 Å². The molecule has 6 nitrogen and oxygen atoms in total. The molecule has 25 heavy (non-hydrogen) atoms. The van der Waals surface area contributed by atoms with E-state index in [0.29, 0.717) is 35.9 Å². The van der Waals surface area contributed by atoms with Crippen molar-refractivity contribution in [1.82, 2.24) is 10.2 Å². The van der Waals surface area contributed by atoms with Gasteiger partial charge in [0, 0.05) is 20.3 Å². The highest BCUT2D eigenvalue weighted by Crippen LogP contribution is 2.30. The number of thiocarbonyl (C=S) groups is 1. The molecule has 136 valence electrons. The summed E-state index contributed by atoms with van der Waals surface area (Å²) in [5.74, 6) is -0.199. The van der Waals surface area contributed by atoms with Gasteiger partial charge in [-0.25, -0.2) is 0 Å². The van der Waals surface area contributed by atoms with Gasteiger partial charge in [0.1, 0.15) is 5.70 Å². The first-order valence-corrected chi connectivity index (χ1v) is 7.83. The van der Waals surface area contributed by atoms with Crippen LogP contribution in [0, 0.1) is 0 Å². The molecular formula is C16H18F2N2O4S. The lowest BCUT2D eigenvalue weighted by Gasteiger charge is -2.13. The van der Waals surface area contributed by atoms with Crippen molar-refractivity contribution < 1.29 is 27.8 Å². The molecule has 0 radical (unpaired) electrons. The summed E-state index contributed by atoms with van der Waals surface area (Å²) in [4.78, 5) is 13.8. The van der Waals surface area contributed by atoms with E-state index in [2.05, 4.69) is 10.1 Å². The molecule has 0 aliphatic carbocycles.